The summed E-state index contributed by atoms with van der Waals surface area (Å²) in [4.78, 5) is 72.0. The smallest absolute Gasteiger partial charge is 0.462 e. The van der Waals surface area contributed by atoms with Crippen LogP contribution in [0, 0.1) is 23.7 Å². The van der Waals surface area contributed by atoms with Crippen molar-refractivity contribution >= 4 is 39.5 Å². The van der Waals surface area contributed by atoms with Crippen LogP contribution in [-0.4, -0.2) is 96.7 Å². The zero-order valence-corrected chi connectivity index (χ0v) is 53.5. The van der Waals surface area contributed by atoms with E-state index in [1.54, 1.807) is 0 Å². The minimum absolute atomic E-state index is 0.101. The van der Waals surface area contributed by atoms with Crippen LogP contribution in [0.5, 0.6) is 0 Å². The molecule has 0 amide bonds. The van der Waals surface area contributed by atoms with Crippen molar-refractivity contribution < 1.29 is 80.2 Å². The highest BCUT2D eigenvalue weighted by atomic mass is 31.2. The number of phosphoric ester groups is 2. The Kier molecular flexibility index (Phi) is 50.2. The molecule has 3 N–H and O–H groups in total. The van der Waals surface area contributed by atoms with Gasteiger partial charge in [0.25, 0.3) is 0 Å². The maximum atomic E-state index is 12.9. The Morgan fingerprint density at radius 3 is 0.887 bits per heavy atom. The average Bonchev–Trinajstić information content (AvgIpc) is 3.40. The lowest BCUT2D eigenvalue weighted by Crippen LogP contribution is -2.30. The molecule has 6 atom stereocenters. The maximum Gasteiger partial charge on any atom is 0.472 e. The minimum atomic E-state index is -4.94. The molecule has 0 aromatic heterocycles. The lowest BCUT2D eigenvalue weighted by molar-refractivity contribution is -0.161. The molecule has 0 fully saturated rings. The van der Waals surface area contributed by atoms with Gasteiger partial charge in [-0.25, -0.2) is 9.13 Å². The van der Waals surface area contributed by atoms with E-state index in [0.717, 1.165) is 108 Å². The van der Waals surface area contributed by atoms with E-state index < -0.39 is 97.5 Å². The van der Waals surface area contributed by atoms with Crippen LogP contribution in [0.25, 0.3) is 0 Å². The fourth-order valence-electron chi connectivity index (χ4n) is 8.87. The molecule has 0 spiro atoms. The van der Waals surface area contributed by atoms with E-state index in [0.29, 0.717) is 37.5 Å². The quantitative estimate of drug-likeness (QED) is 0.0222. The number of carbonyl (C=O) groups is 4. The van der Waals surface area contributed by atoms with Crippen molar-refractivity contribution in [3.8, 4) is 0 Å². The second-order valence-corrected chi connectivity index (χ2v) is 26.7. The van der Waals surface area contributed by atoms with Gasteiger partial charge < -0.3 is 33.8 Å². The highest BCUT2D eigenvalue weighted by Gasteiger charge is 2.30. The summed E-state index contributed by atoms with van der Waals surface area (Å²) in [5.41, 5.74) is 0. The Morgan fingerprint density at radius 2 is 0.600 bits per heavy atom. The first-order valence-electron chi connectivity index (χ1n) is 31.7. The lowest BCUT2D eigenvalue weighted by Gasteiger charge is -2.21. The second kappa shape index (κ2) is 51.5. The minimum Gasteiger partial charge on any atom is -0.462 e. The molecule has 17 nitrogen and oxygen atoms in total. The van der Waals surface area contributed by atoms with Crippen LogP contribution in [0.3, 0.4) is 0 Å². The first-order valence-corrected chi connectivity index (χ1v) is 34.7. The number of aliphatic hydroxyl groups excluding tert-OH is 1. The van der Waals surface area contributed by atoms with Crippen molar-refractivity contribution in [1.82, 2.24) is 0 Å². The number of aliphatic hydroxyl groups is 1. The number of phosphoric acid groups is 2. The summed E-state index contributed by atoms with van der Waals surface area (Å²) in [6.07, 6.45) is 29.7. The van der Waals surface area contributed by atoms with Crippen molar-refractivity contribution in [3.63, 3.8) is 0 Å². The van der Waals surface area contributed by atoms with Crippen molar-refractivity contribution in [2.75, 3.05) is 39.6 Å². The molecule has 0 saturated heterocycles. The first kappa shape index (κ1) is 78.1. The highest BCUT2D eigenvalue weighted by Crippen LogP contribution is 2.45. The van der Waals surface area contributed by atoms with Crippen LogP contribution in [0.15, 0.2) is 0 Å². The monoisotopic (exact) mass is 1180 g/mol. The van der Waals surface area contributed by atoms with E-state index in [1.165, 1.54) is 83.5 Å². The fraction of sp³-hybridized carbons (Fsp3) is 0.934. The molecule has 0 aliphatic heterocycles. The van der Waals surface area contributed by atoms with Gasteiger partial charge in [0, 0.05) is 25.7 Å². The molecule has 0 radical (unpaired) electrons. The summed E-state index contributed by atoms with van der Waals surface area (Å²) in [6, 6.07) is 0. The Hall–Kier alpha value is -1.94. The standard InChI is InChI=1S/C61H118O17P2/c1-9-54(8)40-32-24-18-20-28-36-44-61(66)78-57(47-71-58(63)41-33-25-15-11-10-13-21-29-37-51(2)3)50-76-80(69,70)74-46-55(62)45-73-79(67,68)75-49-56(48-72-59(64)42-34-26-19-17-23-31-39-53(6)7)77-60(65)43-35-27-16-12-14-22-30-38-52(4)5/h51-57,62H,9-50H2,1-8H3,(H,67,68)(H,69,70)/t54?,55?,56-,57-/m1/s1. The molecule has 0 aromatic rings. The Balaban J connectivity index is 5.25. The van der Waals surface area contributed by atoms with E-state index in [4.69, 9.17) is 37.0 Å². The summed E-state index contributed by atoms with van der Waals surface area (Å²) < 4.78 is 67.8. The number of rotatable bonds is 58. The third-order valence-corrected chi connectivity index (χ3v) is 16.1. The SMILES string of the molecule is CCC(C)CCCCCCCCC(=O)O[C@H](COC(=O)CCCCCCCCCCC(C)C)COP(=O)(O)OCC(O)COP(=O)(O)OC[C@@H](COC(=O)CCCCCCCCC(C)C)OC(=O)CCCCCCCCCC(C)C. The predicted molar refractivity (Wildman–Crippen MR) is 317 cm³/mol. The van der Waals surface area contributed by atoms with Gasteiger partial charge in [-0.15, -0.1) is 0 Å². The van der Waals surface area contributed by atoms with E-state index >= 15 is 0 Å². The van der Waals surface area contributed by atoms with E-state index in [1.807, 2.05) is 0 Å². The van der Waals surface area contributed by atoms with E-state index in [2.05, 4.69) is 55.4 Å². The number of hydrogen-bond acceptors (Lipinski definition) is 15. The Bertz CT molecular complexity index is 1610. The van der Waals surface area contributed by atoms with Crippen molar-refractivity contribution in [2.45, 2.75) is 305 Å². The van der Waals surface area contributed by atoms with Gasteiger partial charge >= 0.3 is 39.5 Å². The third kappa shape index (κ3) is 54.0. The van der Waals surface area contributed by atoms with E-state index in [9.17, 15) is 43.2 Å². The van der Waals surface area contributed by atoms with Gasteiger partial charge in [0.15, 0.2) is 12.2 Å². The Labute approximate surface area is 486 Å². The molecule has 0 aliphatic carbocycles. The second-order valence-electron chi connectivity index (χ2n) is 23.8. The van der Waals surface area contributed by atoms with Crippen LogP contribution in [0.2, 0.25) is 0 Å². The molecular formula is C61H118O17P2. The third-order valence-electron chi connectivity index (χ3n) is 14.2. The number of esters is 4. The zero-order chi connectivity index (χ0) is 59.7. The van der Waals surface area contributed by atoms with Crippen LogP contribution < -0.4 is 0 Å². The van der Waals surface area contributed by atoms with E-state index in [-0.39, 0.29) is 25.7 Å². The van der Waals surface area contributed by atoms with Crippen LogP contribution in [0.4, 0.5) is 0 Å². The maximum absolute atomic E-state index is 12.9. The fourth-order valence-corrected chi connectivity index (χ4v) is 10.4. The summed E-state index contributed by atoms with van der Waals surface area (Å²) in [6.45, 7) is 13.8. The van der Waals surface area contributed by atoms with Gasteiger partial charge in [0.2, 0.25) is 0 Å². The number of hydrogen-bond donors (Lipinski definition) is 3. The van der Waals surface area contributed by atoms with Gasteiger partial charge in [0.1, 0.15) is 19.3 Å². The van der Waals surface area contributed by atoms with Crippen molar-refractivity contribution in [1.29, 1.82) is 0 Å². The summed E-state index contributed by atoms with van der Waals surface area (Å²) in [5, 5.41) is 10.5. The largest absolute Gasteiger partial charge is 0.472 e. The van der Waals surface area contributed by atoms with Crippen LogP contribution in [-0.2, 0) is 65.4 Å². The molecule has 0 rings (SSSR count). The molecule has 0 heterocycles. The molecule has 0 bridgehead atoms. The Morgan fingerprint density at radius 1 is 0.350 bits per heavy atom. The number of unbranched alkanes of at least 4 members (excludes halogenated alkanes) is 23. The van der Waals surface area contributed by atoms with Crippen molar-refractivity contribution in [2.24, 2.45) is 23.7 Å². The van der Waals surface area contributed by atoms with Crippen LogP contribution >= 0.6 is 15.6 Å². The predicted octanol–water partition coefficient (Wildman–Crippen LogP) is 16.2. The average molecular weight is 1190 g/mol. The summed E-state index contributed by atoms with van der Waals surface area (Å²) in [7, 11) is -9.88. The van der Waals surface area contributed by atoms with Gasteiger partial charge in [-0.05, 0) is 49.4 Å². The van der Waals surface area contributed by atoms with Gasteiger partial charge in [-0.1, -0.05) is 235 Å². The number of ether oxygens (including phenoxy) is 4. The molecule has 474 valence electrons. The van der Waals surface area contributed by atoms with Crippen molar-refractivity contribution in [3.05, 3.63) is 0 Å². The first-order chi connectivity index (χ1) is 38.1. The molecule has 0 aliphatic rings. The summed E-state index contributed by atoms with van der Waals surface area (Å²) >= 11 is 0. The number of carbonyl (C=O) groups excluding carboxylic acids is 4. The molecule has 19 heteroatoms. The molecule has 0 saturated carbocycles. The molecule has 0 aromatic carbocycles. The highest BCUT2D eigenvalue weighted by molar-refractivity contribution is 7.47. The topological polar surface area (TPSA) is 237 Å². The molecule has 4 unspecified atom stereocenters. The normalized spacial score (nSPS) is 14.9. The molecular weight excluding hydrogens is 1070 g/mol. The summed E-state index contributed by atoms with van der Waals surface area (Å²) in [5.74, 6) is 0.673. The van der Waals surface area contributed by atoms with Gasteiger partial charge in [0.05, 0.1) is 26.4 Å². The molecule has 80 heavy (non-hydrogen) atoms. The van der Waals surface area contributed by atoms with Crippen LogP contribution in [0.1, 0.15) is 287 Å². The zero-order valence-electron chi connectivity index (χ0n) is 51.7. The van der Waals surface area contributed by atoms with Gasteiger partial charge in [-0.2, -0.15) is 0 Å². The van der Waals surface area contributed by atoms with Gasteiger partial charge in [-0.3, -0.25) is 37.3 Å². The lowest BCUT2D eigenvalue weighted by atomic mass is 10.00.